The van der Waals surface area contributed by atoms with E-state index in [1.165, 1.54) is 12.3 Å². The molecular formula is C14H12Cl2N2O2. The minimum atomic E-state index is -0.508. The van der Waals surface area contributed by atoms with Gasteiger partial charge in [0.25, 0.3) is 5.91 Å². The standard InChI is InChI=1S/C14H12Cl2N2O2/c15-11-7-17-13(16)6-10(11)14(20)18-12(8-19)9-4-2-1-3-5-9/h1-7,12,19H,8H2,(H,18,20)/t12-/m1/s1. The molecule has 1 aromatic carbocycles. The Bertz CT molecular complexity index is 605. The first-order valence-electron chi connectivity index (χ1n) is 5.89. The third kappa shape index (κ3) is 3.48. The topological polar surface area (TPSA) is 62.2 Å². The largest absolute Gasteiger partial charge is 0.394 e. The molecule has 0 spiro atoms. The summed E-state index contributed by atoms with van der Waals surface area (Å²) in [6.45, 7) is -0.216. The number of aliphatic hydroxyl groups is 1. The van der Waals surface area contributed by atoms with Crippen LogP contribution in [-0.4, -0.2) is 22.6 Å². The molecule has 0 aliphatic rings. The van der Waals surface area contributed by atoms with Gasteiger partial charge in [-0.25, -0.2) is 4.98 Å². The lowest BCUT2D eigenvalue weighted by atomic mass is 10.1. The first-order chi connectivity index (χ1) is 9.61. The van der Waals surface area contributed by atoms with Crippen molar-refractivity contribution in [1.82, 2.24) is 10.3 Å². The van der Waals surface area contributed by atoms with Crippen molar-refractivity contribution >= 4 is 29.1 Å². The number of aromatic nitrogens is 1. The molecule has 1 atom stereocenters. The van der Waals surface area contributed by atoms with Crippen molar-refractivity contribution in [2.45, 2.75) is 6.04 Å². The van der Waals surface area contributed by atoms with Crippen molar-refractivity contribution in [3.05, 3.63) is 63.9 Å². The highest BCUT2D eigenvalue weighted by atomic mass is 35.5. The second-order valence-corrected chi connectivity index (χ2v) is 4.90. The van der Waals surface area contributed by atoms with Gasteiger partial charge in [0.05, 0.1) is 23.2 Å². The van der Waals surface area contributed by atoms with E-state index in [2.05, 4.69) is 10.3 Å². The number of pyridine rings is 1. The molecule has 104 valence electrons. The average Bonchev–Trinajstić information content (AvgIpc) is 2.48. The van der Waals surface area contributed by atoms with E-state index in [-0.39, 0.29) is 22.3 Å². The highest BCUT2D eigenvalue weighted by Crippen LogP contribution is 2.19. The molecule has 0 unspecified atom stereocenters. The number of carbonyl (C=O) groups is 1. The molecule has 2 rings (SSSR count). The van der Waals surface area contributed by atoms with Gasteiger partial charge in [0, 0.05) is 6.20 Å². The zero-order chi connectivity index (χ0) is 14.5. The highest BCUT2D eigenvalue weighted by molar-refractivity contribution is 6.35. The molecular weight excluding hydrogens is 299 g/mol. The van der Waals surface area contributed by atoms with Crippen LogP contribution in [0, 0.1) is 0 Å². The maximum absolute atomic E-state index is 12.2. The fourth-order valence-corrected chi connectivity index (χ4v) is 2.09. The smallest absolute Gasteiger partial charge is 0.253 e. The first kappa shape index (κ1) is 14.8. The summed E-state index contributed by atoms with van der Waals surface area (Å²) in [6.07, 6.45) is 1.31. The minimum absolute atomic E-state index is 0.180. The van der Waals surface area contributed by atoms with Gasteiger partial charge in [-0.15, -0.1) is 0 Å². The summed E-state index contributed by atoms with van der Waals surface area (Å²) < 4.78 is 0. The highest BCUT2D eigenvalue weighted by Gasteiger charge is 2.17. The minimum Gasteiger partial charge on any atom is -0.394 e. The molecule has 20 heavy (non-hydrogen) atoms. The van der Waals surface area contributed by atoms with Crippen LogP contribution in [0.4, 0.5) is 0 Å². The van der Waals surface area contributed by atoms with Crippen molar-refractivity contribution in [3.63, 3.8) is 0 Å². The molecule has 2 aromatic rings. The number of hydrogen-bond donors (Lipinski definition) is 2. The maximum atomic E-state index is 12.2. The Kier molecular flexibility index (Phi) is 4.95. The summed E-state index contributed by atoms with van der Waals surface area (Å²) >= 11 is 11.7. The molecule has 0 aliphatic heterocycles. The van der Waals surface area contributed by atoms with E-state index in [1.807, 2.05) is 30.3 Å². The Balaban J connectivity index is 2.20. The van der Waals surface area contributed by atoms with E-state index in [4.69, 9.17) is 23.2 Å². The molecule has 2 N–H and O–H groups in total. The van der Waals surface area contributed by atoms with Crippen LogP contribution < -0.4 is 5.32 Å². The summed E-state index contributed by atoms with van der Waals surface area (Å²) in [6, 6.07) is 10.1. The summed E-state index contributed by atoms with van der Waals surface area (Å²) in [5.41, 5.74) is 1.03. The SMILES string of the molecule is O=C(N[C@H](CO)c1ccccc1)c1cc(Cl)ncc1Cl. The molecule has 1 amide bonds. The first-order valence-corrected chi connectivity index (χ1v) is 6.65. The Morgan fingerprint density at radius 3 is 2.65 bits per heavy atom. The van der Waals surface area contributed by atoms with Gasteiger partial charge < -0.3 is 10.4 Å². The van der Waals surface area contributed by atoms with Crippen molar-refractivity contribution < 1.29 is 9.90 Å². The van der Waals surface area contributed by atoms with E-state index < -0.39 is 11.9 Å². The number of halogens is 2. The third-order valence-electron chi connectivity index (χ3n) is 2.76. The maximum Gasteiger partial charge on any atom is 0.253 e. The van der Waals surface area contributed by atoms with Crippen molar-refractivity contribution in [1.29, 1.82) is 0 Å². The summed E-state index contributed by atoms with van der Waals surface area (Å²) in [7, 11) is 0. The number of rotatable bonds is 4. The molecule has 1 heterocycles. The van der Waals surface area contributed by atoms with Crippen LogP contribution in [-0.2, 0) is 0 Å². The fourth-order valence-electron chi connectivity index (χ4n) is 1.74. The van der Waals surface area contributed by atoms with Gasteiger partial charge in [0.15, 0.2) is 0 Å². The van der Waals surface area contributed by atoms with E-state index in [9.17, 15) is 9.90 Å². The second kappa shape index (κ2) is 6.70. The van der Waals surface area contributed by atoms with Gasteiger partial charge in [-0.1, -0.05) is 53.5 Å². The van der Waals surface area contributed by atoms with Gasteiger partial charge in [0.2, 0.25) is 0 Å². The van der Waals surface area contributed by atoms with E-state index >= 15 is 0 Å². The molecule has 0 saturated heterocycles. The fraction of sp³-hybridized carbons (Fsp3) is 0.143. The number of nitrogens with zero attached hydrogens (tertiary/aromatic N) is 1. The van der Waals surface area contributed by atoms with E-state index in [0.717, 1.165) is 5.56 Å². The molecule has 0 saturated carbocycles. The van der Waals surface area contributed by atoms with Gasteiger partial charge in [-0.2, -0.15) is 0 Å². The monoisotopic (exact) mass is 310 g/mol. The number of hydrogen-bond acceptors (Lipinski definition) is 3. The predicted octanol–water partition coefficient (Wildman–Crippen LogP) is 2.85. The summed E-state index contributed by atoms with van der Waals surface area (Å²) in [5.74, 6) is -0.415. The Morgan fingerprint density at radius 1 is 1.30 bits per heavy atom. The Labute approximate surface area is 126 Å². The van der Waals surface area contributed by atoms with Gasteiger partial charge >= 0.3 is 0 Å². The molecule has 0 aliphatic carbocycles. The number of nitrogens with one attached hydrogen (secondary N) is 1. The van der Waals surface area contributed by atoms with E-state index in [1.54, 1.807) is 0 Å². The Morgan fingerprint density at radius 2 is 2.00 bits per heavy atom. The predicted molar refractivity (Wildman–Crippen MR) is 78.0 cm³/mol. The lowest BCUT2D eigenvalue weighted by molar-refractivity contribution is 0.0916. The molecule has 4 nitrogen and oxygen atoms in total. The molecule has 0 radical (unpaired) electrons. The zero-order valence-electron chi connectivity index (χ0n) is 10.4. The van der Waals surface area contributed by atoms with Crippen LogP contribution in [0.1, 0.15) is 22.0 Å². The van der Waals surface area contributed by atoms with E-state index in [0.29, 0.717) is 0 Å². The third-order valence-corrected chi connectivity index (χ3v) is 3.26. The number of aliphatic hydroxyl groups excluding tert-OH is 1. The molecule has 0 bridgehead atoms. The van der Waals surface area contributed by atoms with Crippen LogP contribution in [0.3, 0.4) is 0 Å². The number of carbonyl (C=O) groups excluding carboxylic acids is 1. The number of amides is 1. The summed E-state index contributed by atoms with van der Waals surface area (Å²) in [4.78, 5) is 16.0. The summed E-state index contributed by atoms with van der Waals surface area (Å²) in [5, 5.41) is 12.5. The number of benzene rings is 1. The zero-order valence-corrected chi connectivity index (χ0v) is 11.9. The van der Waals surface area contributed by atoms with Crippen molar-refractivity contribution in [2.24, 2.45) is 0 Å². The molecule has 6 heteroatoms. The van der Waals surface area contributed by atoms with Crippen LogP contribution in [0.5, 0.6) is 0 Å². The van der Waals surface area contributed by atoms with Crippen LogP contribution in [0.15, 0.2) is 42.6 Å². The van der Waals surface area contributed by atoms with Crippen molar-refractivity contribution in [2.75, 3.05) is 6.61 Å². The Hall–Kier alpha value is -1.62. The van der Waals surface area contributed by atoms with Crippen LogP contribution >= 0.6 is 23.2 Å². The second-order valence-electron chi connectivity index (χ2n) is 4.11. The lowest BCUT2D eigenvalue weighted by Gasteiger charge is -2.17. The van der Waals surface area contributed by atoms with Crippen LogP contribution in [0.2, 0.25) is 10.2 Å². The van der Waals surface area contributed by atoms with Gasteiger partial charge in [-0.3, -0.25) is 4.79 Å². The van der Waals surface area contributed by atoms with Crippen LogP contribution in [0.25, 0.3) is 0 Å². The molecule has 0 fully saturated rings. The van der Waals surface area contributed by atoms with Gasteiger partial charge in [0.1, 0.15) is 5.15 Å². The average molecular weight is 311 g/mol. The lowest BCUT2D eigenvalue weighted by Crippen LogP contribution is -2.31. The molecule has 1 aromatic heterocycles. The van der Waals surface area contributed by atoms with Gasteiger partial charge in [-0.05, 0) is 11.6 Å². The van der Waals surface area contributed by atoms with Crippen molar-refractivity contribution in [3.8, 4) is 0 Å². The normalized spacial score (nSPS) is 11.9. The quantitative estimate of drug-likeness (QED) is 0.854.